The van der Waals surface area contributed by atoms with Gasteiger partial charge in [-0.05, 0) is 26.0 Å². The molecular formula is C17H18ClN5O2. The lowest BCUT2D eigenvalue weighted by atomic mass is 10.1. The minimum absolute atomic E-state index is 0.291. The van der Waals surface area contributed by atoms with Gasteiger partial charge in [-0.15, -0.1) is 0 Å². The number of halogens is 1. The summed E-state index contributed by atoms with van der Waals surface area (Å²) in [7, 11) is 0. The zero-order valence-corrected chi connectivity index (χ0v) is 14.6. The second kappa shape index (κ2) is 6.34. The van der Waals surface area contributed by atoms with Crippen molar-refractivity contribution in [3.8, 4) is 11.3 Å². The average molecular weight is 360 g/mol. The Hall–Kier alpha value is -2.64. The van der Waals surface area contributed by atoms with Gasteiger partial charge in [-0.1, -0.05) is 23.7 Å². The van der Waals surface area contributed by atoms with E-state index in [0.717, 1.165) is 11.3 Å². The largest absolute Gasteiger partial charge is 0.389 e. The summed E-state index contributed by atoms with van der Waals surface area (Å²) in [6.45, 7) is 3.74. The first-order valence-corrected chi connectivity index (χ1v) is 8.03. The van der Waals surface area contributed by atoms with Gasteiger partial charge in [0.25, 0.3) is 0 Å². The first kappa shape index (κ1) is 17.2. The summed E-state index contributed by atoms with van der Waals surface area (Å²) >= 11 is 6.13. The number of imidazole rings is 1. The van der Waals surface area contributed by atoms with Crippen molar-refractivity contribution in [2.24, 2.45) is 5.73 Å². The molecule has 3 aromatic rings. The molecule has 1 aromatic carbocycles. The minimum Gasteiger partial charge on any atom is -0.389 e. The predicted molar refractivity (Wildman–Crippen MR) is 96.7 cm³/mol. The number of aliphatic hydroxyl groups is 1. The zero-order chi connectivity index (χ0) is 18.2. The summed E-state index contributed by atoms with van der Waals surface area (Å²) in [5, 5.41) is 17.6. The third-order valence-electron chi connectivity index (χ3n) is 3.61. The third kappa shape index (κ3) is 3.72. The van der Waals surface area contributed by atoms with Crippen LogP contribution in [0, 0.1) is 0 Å². The number of nitrogens with one attached hydrogen (secondary N) is 1. The van der Waals surface area contributed by atoms with Crippen LogP contribution >= 0.6 is 11.6 Å². The third-order valence-corrected chi connectivity index (χ3v) is 3.80. The predicted octanol–water partition coefficient (Wildman–Crippen LogP) is 2.33. The van der Waals surface area contributed by atoms with Crippen LogP contribution in [0.25, 0.3) is 16.9 Å². The van der Waals surface area contributed by atoms with Crippen molar-refractivity contribution >= 4 is 28.8 Å². The molecule has 0 aliphatic rings. The molecule has 2 aromatic heterocycles. The lowest BCUT2D eigenvalue weighted by Gasteiger charge is -2.18. The number of rotatable bonds is 5. The highest BCUT2D eigenvalue weighted by atomic mass is 35.5. The number of nitrogens with zero attached hydrogens (tertiary/aromatic N) is 3. The molecule has 0 atom stereocenters. The molecule has 1 amide bonds. The van der Waals surface area contributed by atoms with Gasteiger partial charge in [0.15, 0.2) is 10.8 Å². The fraction of sp³-hybridized carbons (Fsp3) is 0.235. The van der Waals surface area contributed by atoms with E-state index in [9.17, 15) is 9.90 Å². The van der Waals surface area contributed by atoms with Gasteiger partial charge in [0.05, 0.1) is 23.2 Å². The van der Waals surface area contributed by atoms with Crippen molar-refractivity contribution in [3.05, 3.63) is 47.2 Å². The molecule has 8 heteroatoms. The van der Waals surface area contributed by atoms with Gasteiger partial charge in [0.2, 0.25) is 5.91 Å². The molecule has 2 heterocycles. The average Bonchev–Trinajstić information content (AvgIpc) is 2.95. The molecule has 0 saturated carbocycles. The topological polar surface area (TPSA) is 106 Å². The van der Waals surface area contributed by atoms with Gasteiger partial charge in [-0.25, -0.2) is 9.50 Å². The lowest BCUT2D eigenvalue weighted by molar-refractivity contribution is 0.0944. The highest BCUT2D eigenvalue weighted by Gasteiger charge is 2.16. The molecule has 4 N–H and O–H groups in total. The molecule has 0 spiro atoms. The molecule has 0 bridgehead atoms. The highest BCUT2D eigenvalue weighted by molar-refractivity contribution is 6.29. The Morgan fingerprint density at radius 3 is 2.64 bits per heavy atom. The molecule has 0 unspecified atom stereocenters. The van der Waals surface area contributed by atoms with E-state index in [1.807, 2.05) is 0 Å². The number of primary amides is 1. The number of hydrogen-bond acceptors (Lipinski definition) is 5. The fourth-order valence-electron chi connectivity index (χ4n) is 2.38. The van der Waals surface area contributed by atoms with Gasteiger partial charge < -0.3 is 16.2 Å². The summed E-state index contributed by atoms with van der Waals surface area (Å²) in [5.41, 5.74) is 7.61. The standard InChI is InChI=1S/C17H18ClN5O2/c1-17(2,25)9-21-12-7-14(18)22-23-13(8-20-16(12)23)10-3-5-11(6-4-10)15(19)24/h3-8,21,25H,9H2,1-2H3,(H2,19,24). The SMILES string of the molecule is CC(C)(O)CNc1cc(Cl)nn2c(-c3ccc(C(N)=O)cc3)cnc12. The van der Waals surface area contributed by atoms with Crippen LogP contribution in [0.3, 0.4) is 0 Å². The van der Waals surface area contributed by atoms with E-state index in [1.165, 1.54) is 0 Å². The number of carbonyl (C=O) groups is 1. The van der Waals surface area contributed by atoms with Crippen molar-refractivity contribution in [2.75, 3.05) is 11.9 Å². The number of fused-ring (bicyclic) bond motifs is 1. The van der Waals surface area contributed by atoms with Crippen LogP contribution in [0.4, 0.5) is 5.69 Å². The molecule has 0 radical (unpaired) electrons. The number of aromatic nitrogens is 3. The van der Waals surface area contributed by atoms with Crippen LogP contribution in [-0.2, 0) is 0 Å². The summed E-state index contributed by atoms with van der Waals surface area (Å²) in [5.74, 6) is -0.482. The van der Waals surface area contributed by atoms with Gasteiger partial charge in [-0.3, -0.25) is 4.79 Å². The van der Waals surface area contributed by atoms with Crippen LogP contribution in [-0.4, -0.2) is 37.8 Å². The quantitative estimate of drug-likeness (QED) is 0.648. The fourth-order valence-corrected chi connectivity index (χ4v) is 2.57. The first-order valence-electron chi connectivity index (χ1n) is 7.65. The number of amides is 1. The van der Waals surface area contributed by atoms with Crippen LogP contribution < -0.4 is 11.1 Å². The van der Waals surface area contributed by atoms with E-state index in [4.69, 9.17) is 17.3 Å². The number of anilines is 1. The minimum atomic E-state index is -0.882. The summed E-state index contributed by atoms with van der Waals surface area (Å²) < 4.78 is 1.62. The smallest absolute Gasteiger partial charge is 0.248 e. The second-order valence-corrected chi connectivity index (χ2v) is 6.75. The second-order valence-electron chi connectivity index (χ2n) is 6.37. The molecule has 7 nitrogen and oxygen atoms in total. The normalized spacial score (nSPS) is 11.7. The molecule has 0 aliphatic carbocycles. The number of carbonyl (C=O) groups excluding carboxylic acids is 1. The van der Waals surface area contributed by atoms with Crippen LogP contribution in [0.5, 0.6) is 0 Å². The van der Waals surface area contributed by atoms with E-state index >= 15 is 0 Å². The van der Waals surface area contributed by atoms with E-state index in [0.29, 0.717) is 28.6 Å². The summed E-state index contributed by atoms with van der Waals surface area (Å²) in [6, 6.07) is 8.51. The summed E-state index contributed by atoms with van der Waals surface area (Å²) in [6.07, 6.45) is 1.67. The number of hydrogen-bond donors (Lipinski definition) is 3. The Labute approximate surface area is 149 Å². The maximum Gasteiger partial charge on any atom is 0.248 e. The molecule has 3 rings (SSSR count). The van der Waals surface area contributed by atoms with Crippen molar-refractivity contribution in [3.63, 3.8) is 0 Å². The Balaban J connectivity index is 2.03. The van der Waals surface area contributed by atoms with Gasteiger partial charge in [0, 0.05) is 23.7 Å². The molecule has 130 valence electrons. The monoisotopic (exact) mass is 359 g/mol. The van der Waals surface area contributed by atoms with Crippen molar-refractivity contribution in [1.82, 2.24) is 14.6 Å². The van der Waals surface area contributed by atoms with Crippen LogP contribution in [0.2, 0.25) is 5.15 Å². The zero-order valence-electron chi connectivity index (χ0n) is 13.8. The van der Waals surface area contributed by atoms with Gasteiger partial charge in [-0.2, -0.15) is 5.10 Å². The van der Waals surface area contributed by atoms with Crippen molar-refractivity contribution in [1.29, 1.82) is 0 Å². The Bertz CT molecular complexity index is 929. The van der Waals surface area contributed by atoms with Crippen LogP contribution in [0.15, 0.2) is 36.5 Å². The molecule has 25 heavy (non-hydrogen) atoms. The van der Waals surface area contributed by atoms with E-state index in [1.54, 1.807) is 54.9 Å². The molecule has 0 fully saturated rings. The highest BCUT2D eigenvalue weighted by Crippen LogP contribution is 2.26. The molecular weight excluding hydrogens is 342 g/mol. The molecule has 0 saturated heterocycles. The van der Waals surface area contributed by atoms with Gasteiger partial charge in [0.1, 0.15) is 0 Å². The Kier molecular flexibility index (Phi) is 4.36. The number of benzene rings is 1. The molecule has 0 aliphatic heterocycles. The lowest BCUT2D eigenvalue weighted by Crippen LogP contribution is -2.29. The Morgan fingerprint density at radius 1 is 1.36 bits per heavy atom. The van der Waals surface area contributed by atoms with E-state index in [-0.39, 0.29) is 0 Å². The van der Waals surface area contributed by atoms with E-state index < -0.39 is 11.5 Å². The summed E-state index contributed by atoms with van der Waals surface area (Å²) in [4.78, 5) is 15.6. The van der Waals surface area contributed by atoms with Gasteiger partial charge >= 0.3 is 0 Å². The van der Waals surface area contributed by atoms with Crippen molar-refractivity contribution < 1.29 is 9.90 Å². The van der Waals surface area contributed by atoms with E-state index in [2.05, 4.69) is 15.4 Å². The van der Waals surface area contributed by atoms with Crippen LogP contribution in [0.1, 0.15) is 24.2 Å². The Morgan fingerprint density at radius 2 is 2.04 bits per heavy atom. The van der Waals surface area contributed by atoms with Crippen molar-refractivity contribution in [2.45, 2.75) is 19.4 Å². The maximum atomic E-state index is 11.2. The first-order chi connectivity index (χ1) is 11.7. The maximum absolute atomic E-state index is 11.2. The number of nitrogens with two attached hydrogens (primary N) is 1.